The van der Waals surface area contributed by atoms with E-state index in [1.54, 1.807) is 6.07 Å². The number of anilines is 2. The number of hydrogen-bond acceptors (Lipinski definition) is 15. The molecule has 19 nitrogen and oxygen atoms in total. The number of β-lactam (4-membered cyclic amide) rings is 1. The van der Waals surface area contributed by atoms with E-state index in [4.69, 9.17) is 31.3 Å². The van der Waals surface area contributed by atoms with Gasteiger partial charge in [0, 0.05) is 30.1 Å². The van der Waals surface area contributed by atoms with E-state index >= 15 is 0 Å². The number of nitrogen functional groups attached to an aromatic ring is 1. The van der Waals surface area contributed by atoms with Gasteiger partial charge in [0.1, 0.15) is 23.5 Å². The van der Waals surface area contributed by atoms with Crippen LogP contribution in [0.15, 0.2) is 47.1 Å². The highest BCUT2D eigenvalue weighted by molar-refractivity contribution is 7.80. The van der Waals surface area contributed by atoms with Crippen LogP contribution in [0.4, 0.5) is 10.9 Å². The van der Waals surface area contributed by atoms with Gasteiger partial charge < -0.3 is 37.2 Å². The lowest BCUT2D eigenvalue weighted by atomic mass is 9.84. The van der Waals surface area contributed by atoms with Crippen LogP contribution in [0.3, 0.4) is 0 Å². The number of amides is 2. The number of aliphatic carboxylic acids is 1. The summed E-state index contributed by atoms with van der Waals surface area (Å²) in [5.41, 5.74) is 15.9. The van der Waals surface area contributed by atoms with Gasteiger partial charge in [0.05, 0.1) is 18.8 Å². The van der Waals surface area contributed by atoms with E-state index in [-0.39, 0.29) is 23.3 Å². The van der Waals surface area contributed by atoms with Crippen LogP contribution in [0.2, 0.25) is 0 Å². The molecule has 21 heteroatoms. The highest BCUT2D eigenvalue weighted by Crippen LogP contribution is 2.37. The summed E-state index contributed by atoms with van der Waals surface area (Å²) in [4.78, 5) is 48.5. The first-order valence-electron chi connectivity index (χ1n) is 15.9. The van der Waals surface area contributed by atoms with E-state index in [0.29, 0.717) is 30.3 Å². The molecule has 0 radical (unpaired) electrons. The maximum atomic E-state index is 13.5. The summed E-state index contributed by atoms with van der Waals surface area (Å²) in [5, 5.41) is 21.8. The number of aryl methyl sites for hydroxylation is 2. The third kappa shape index (κ3) is 7.78. The minimum atomic E-state index is -5.03. The standard InChI is InChI=1S/C31H39N9O10S2/c1-30(2)25(27(42)40(30)50-52(45,46)47)37-26(41)24(20-15-51-29(34)36-20)38-49-31(3,28(43)44)22-9-6-17-11-16(5-8-21(17)48-22)18-7-10-23(39(4)14-18)35-19(12-32)13-33/h5,7-8,10-11,14-15,19,22,25H,6,9,12-13,32-33H2,1-4H3,(H5,34,36,37,41,43,44,45,46,47)/p+1/b38-24-/t22-,25?,31?/m1/s1. The molecule has 2 amide bonds. The Balaban J connectivity index is 1.35. The summed E-state index contributed by atoms with van der Waals surface area (Å²) in [7, 11) is -3.13. The van der Waals surface area contributed by atoms with E-state index in [9.17, 15) is 27.9 Å². The van der Waals surface area contributed by atoms with Crippen LogP contribution in [0, 0.1) is 0 Å². The largest absolute Gasteiger partial charge is 0.485 e. The minimum Gasteiger partial charge on any atom is -0.485 e. The van der Waals surface area contributed by atoms with E-state index in [2.05, 4.69) is 25.1 Å². The van der Waals surface area contributed by atoms with Gasteiger partial charge in [0.25, 0.3) is 23.2 Å². The number of hydrogen-bond donors (Lipinski definition) is 7. The summed E-state index contributed by atoms with van der Waals surface area (Å²) in [6, 6.07) is 8.05. The maximum Gasteiger partial charge on any atom is 0.418 e. The average molecular weight is 763 g/mol. The van der Waals surface area contributed by atoms with Gasteiger partial charge in [-0.15, -0.1) is 15.6 Å². The number of fused-ring (bicyclic) bond motifs is 1. The number of carboxylic acid groups (broad SMARTS) is 1. The fourth-order valence-corrected chi connectivity index (χ4v) is 6.71. The van der Waals surface area contributed by atoms with Crippen molar-refractivity contribution >= 4 is 56.2 Å². The SMILES string of the molecule is C[n+]1cc(-c2ccc3c(c2)CC[C@H](C(C)(O/N=C(\C(=O)NC2C(=O)N(OS(=O)(=O)O)C2(C)C)c2csc(N)n2)C(=O)O)O3)ccc1NC(CN)CN. The lowest BCUT2D eigenvalue weighted by Crippen LogP contribution is -2.76. The number of thiazole rings is 1. The number of carbonyl (C=O) groups excluding carboxylic acids is 2. The molecule has 2 aliphatic heterocycles. The summed E-state index contributed by atoms with van der Waals surface area (Å²) < 4.78 is 43.8. The molecule has 3 atom stereocenters. The number of nitrogens with one attached hydrogen (secondary N) is 2. The number of aromatic nitrogens is 2. The Hall–Kier alpha value is -4.93. The van der Waals surface area contributed by atoms with Gasteiger partial charge in [-0.25, -0.2) is 14.3 Å². The van der Waals surface area contributed by atoms with Crippen LogP contribution in [0.25, 0.3) is 11.1 Å². The third-order valence-corrected chi connectivity index (χ3v) is 9.87. The molecule has 2 aromatic heterocycles. The number of oxime groups is 1. The topological polar surface area (TPSA) is 288 Å². The average Bonchev–Trinajstić information content (AvgIpc) is 3.53. The van der Waals surface area contributed by atoms with E-state index in [1.165, 1.54) is 26.2 Å². The number of carbonyl (C=O) groups is 3. The van der Waals surface area contributed by atoms with Gasteiger partial charge in [0.2, 0.25) is 0 Å². The number of nitrogens with two attached hydrogens (primary N) is 3. The molecule has 1 saturated heterocycles. The number of benzene rings is 1. The molecule has 280 valence electrons. The van der Waals surface area contributed by atoms with Crippen molar-refractivity contribution in [3.8, 4) is 16.9 Å². The Labute approximate surface area is 302 Å². The number of hydroxylamine groups is 2. The Morgan fingerprint density at radius 3 is 2.52 bits per heavy atom. The van der Waals surface area contributed by atoms with Crippen molar-refractivity contribution in [2.75, 3.05) is 24.1 Å². The molecule has 52 heavy (non-hydrogen) atoms. The molecule has 4 heterocycles. The number of ether oxygens (including phenoxy) is 1. The molecule has 0 aliphatic carbocycles. The molecule has 10 N–H and O–H groups in total. The van der Waals surface area contributed by atoms with E-state index < -0.39 is 57.2 Å². The Morgan fingerprint density at radius 1 is 1.25 bits per heavy atom. The van der Waals surface area contributed by atoms with Crippen molar-refractivity contribution in [3.05, 3.63) is 53.2 Å². The molecule has 0 spiro atoms. The monoisotopic (exact) mass is 762 g/mol. The summed E-state index contributed by atoms with van der Waals surface area (Å²) in [6.07, 6.45) is 1.55. The fourth-order valence-electron chi connectivity index (χ4n) is 5.70. The molecule has 1 fully saturated rings. The van der Waals surface area contributed by atoms with Gasteiger partial charge >= 0.3 is 16.4 Å². The fraction of sp³-hybridized carbons (Fsp3) is 0.419. The first kappa shape index (κ1) is 38.3. The maximum absolute atomic E-state index is 13.5. The van der Waals surface area contributed by atoms with Crippen LogP contribution in [-0.2, 0) is 47.4 Å². The van der Waals surface area contributed by atoms with Gasteiger partial charge in [-0.3, -0.25) is 19.5 Å². The third-order valence-electron chi connectivity index (χ3n) is 8.86. The number of rotatable bonds is 14. The molecule has 0 saturated carbocycles. The lowest BCUT2D eigenvalue weighted by molar-refractivity contribution is -0.656. The zero-order valence-corrected chi connectivity index (χ0v) is 30.2. The lowest BCUT2D eigenvalue weighted by Gasteiger charge is -2.50. The number of nitrogens with zero attached hydrogens (tertiary/aromatic N) is 4. The van der Waals surface area contributed by atoms with Crippen molar-refractivity contribution in [1.29, 1.82) is 0 Å². The van der Waals surface area contributed by atoms with Crippen LogP contribution >= 0.6 is 11.3 Å². The zero-order valence-electron chi connectivity index (χ0n) is 28.6. The minimum absolute atomic E-state index is 0.0593. The summed E-state index contributed by atoms with van der Waals surface area (Å²) >= 11 is 0.967. The molecule has 2 unspecified atom stereocenters. The normalized spacial score (nSPS) is 19.6. The molecule has 3 aromatic rings. The molecular formula is C31H40N9O10S2+. The molecule has 2 aliphatic rings. The quantitative estimate of drug-likeness (QED) is 0.0365. The van der Waals surface area contributed by atoms with Crippen LogP contribution in [0.1, 0.15) is 38.4 Å². The second-order valence-electron chi connectivity index (χ2n) is 12.9. The number of pyridine rings is 1. The van der Waals surface area contributed by atoms with Crippen LogP contribution < -0.4 is 37.1 Å². The number of carboxylic acids is 1. The van der Waals surface area contributed by atoms with Crippen molar-refractivity contribution < 1.29 is 50.9 Å². The Bertz CT molecular complexity index is 2020. The van der Waals surface area contributed by atoms with E-state index in [1.807, 2.05) is 42.1 Å². The predicted octanol–water partition coefficient (Wildman–Crippen LogP) is -0.287. The van der Waals surface area contributed by atoms with Gasteiger partial charge in [-0.05, 0) is 62.9 Å². The highest BCUT2D eigenvalue weighted by atomic mass is 32.3. The first-order valence-corrected chi connectivity index (χ1v) is 18.1. The second kappa shape index (κ2) is 14.6. The summed E-state index contributed by atoms with van der Waals surface area (Å²) in [6.45, 7) is 4.78. The van der Waals surface area contributed by atoms with Crippen molar-refractivity contribution in [1.82, 2.24) is 15.4 Å². The Kier molecular flexibility index (Phi) is 10.8. The zero-order chi connectivity index (χ0) is 38.2. The van der Waals surface area contributed by atoms with Crippen molar-refractivity contribution in [2.45, 2.75) is 62.9 Å². The predicted molar refractivity (Wildman–Crippen MR) is 187 cm³/mol. The van der Waals surface area contributed by atoms with Crippen molar-refractivity contribution in [2.24, 2.45) is 23.7 Å². The molecule has 1 aromatic carbocycles. The molecule has 0 bridgehead atoms. The van der Waals surface area contributed by atoms with Crippen molar-refractivity contribution in [3.63, 3.8) is 0 Å². The van der Waals surface area contributed by atoms with E-state index in [0.717, 1.165) is 33.8 Å². The van der Waals surface area contributed by atoms with Gasteiger partial charge in [0.15, 0.2) is 16.9 Å². The van der Waals surface area contributed by atoms with Crippen LogP contribution in [-0.4, -0.2) is 94.0 Å². The Morgan fingerprint density at radius 2 is 1.94 bits per heavy atom. The molecular weight excluding hydrogens is 723 g/mol. The van der Waals surface area contributed by atoms with Gasteiger partial charge in [-0.1, -0.05) is 11.2 Å². The van der Waals surface area contributed by atoms with Crippen LogP contribution in [0.5, 0.6) is 5.75 Å². The molecule has 5 rings (SSSR count). The first-order chi connectivity index (χ1) is 24.4. The van der Waals surface area contributed by atoms with Gasteiger partial charge in [-0.2, -0.15) is 13.5 Å². The second-order valence-corrected chi connectivity index (χ2v) is 14.8. The summed E-state index contributed by atoms with van der Waals surface area (Å²) in [5.74, 6) is -2.15. The highest BCUT2D eigenvalue weighted by Gasteiger charge is 2.58. The smallest absolute Gasteiger partial charge is 0.418 e.